The van der Waals surface area contributed by atoms with Crippen molar-refractivity contribution in [2.45, 2.75) is 71.9 Å². The van der Waals surface area contributed by atoms with Gasteiger partial charge in [0.05, 0.1) is 6.54 Å². The van der Waals surface area contributed by atoms with Crippen LogP contribution in [0.15, 0.2) is 0 Å². The first-order chi connectivity index (χ1) is 9.93. The van der Waals surface area contributed by atoms with Gasteiger partial charge in [0.25, 0.3) is 0 Å². The lowest BCUT2D eigenvalue weighted by Gasteiger charge is -2.39. The first-order valence-corrected chi connectivity index (χ1v) is 8.67. The molecule has 0 aliphatic carbocycles. The standard InChI is InChI=1S/C17H35N3O/c1-13(2)7-5-9-15(4)19-17(21)12-20-10-6-8-14(3)16(20)11-18/h13-16H,5-12,18H2,1-4H3,(H,19,21). The maximum atomic E-state index is 12.2. The molecule has 0 aromatic heterocycles. The van der Waals surface area contributed by atoms with E-state index in [0.717, 1.165) is 18.9 Å². The molecule has 1 fully saturated rings. The van der Waals surface area contributed by atoms with E-state index in [4.69, 9.17) is 5.73 Å². The van der Waals surface area contributed by atoms with Crippen LogP contribution in [0.3, 0.4) is 0 Å². The molecule has 3 atom stereocenters. The third-order valence-corrected chi connectivity index (χ3v) is 4.64. The van der Waals surface area contributed by atoms with Crippen LogP contribution in [0.4, 0.5) is 0 Å². The van der Waals surface area contributed by atoms with Crippen LogP contribution in [0.25, 0.3) is 0 Å². The smallest absolute Gasteiger partial charge is 0.234 e. The molecule has 0 saturated carbocycles. The summed E-state index contributed by atoms with van der Waals surface area (Å²) in [5, 5.41) is 3.14. The van der Waals surface area contributed by atoms with E-state index < -0.39 is 0 Å². The summed E-state index contributed by atoms with van der Waals surface area (Å²) in [5.74, 6) is 1.49. The zero-order valence-corrected chi connectivity index (χ0v) is 14.4. The third kappa shape index (κ3) is 6.79. The largest absolute Gasteiger partial charge is 0.353 e. The summed E-state index contributed by atoms with van der Waals surface area (Å²) in [6.45, 7) is 11.0. The Bertz CT molecular complexity index is 306. The predicted molar refractivity (Wildman–Crippen MR) is 89.1 cm³/mol. The molecule has 124 valence electrons. The van der Waals surface area contributed by atoms with Crippen molar-refractivity contribution in [2.75, 3.05) is 19.6 Å². The summed E-state index contributed by atoms with van der Waals surface area (Å²) in [5.41, 5.74) is 5.88. The molecule has 0 spiro atoms. The summed E-state index contributed by atoms with van der Waals surface area (Å²) in [7, 11) is 0. The maximum Gasteiger partial charge on any atom is 0.234 e. The van der Waals surface area contributed by atoms with Crippen LogP contribution in [0.2, 0.25) is 0 Å². The number of likely N-dealkylation sites (tertiary alicyclic amines) is 1. The van der Waals surface area contributed by atoms with E-state index >= 15 is 0 Å². The van der Waals surface area contributed by atoms with Crippen LogP contribution < -0.4 is 11.1 Å². The Morgan fingerprint density at radius 1 is 1.33 bits per heavy atom. The Labute approximate surface area is 130 Å². The minimum atomic E-state index is 0.152. The fourth-order valence-electron chi connectivity index (χ4n) is 3.32. The molecule has 3 N–H and O–H groups in total. The van der Waals surface area contributed by atoms with Crippen LogP contribution in [-0.4, -0.2) is 42.5 Å². The highest BCUT2D eigenvalue weighted by molar-refractivity contribution is 5.78. The van der Waals surface area contributed by atoms with Gasteiger partial charge in [0, 0.05) is 18.6 Å². The van der Waals surface area contributed by atoms with Gasteiger partial charge >= 0.3 is 0 Å². The number of carbonyl (C=O) groups is 1. The molecule has 1 heterocycles. The zero-order chi connectivity index (χ0) is 15.8. The predicted octanol–water partition coefficient (Wildman–Crippen LogP) is 2.38. The molecule has 1 aliphatic heterocycles. The molecule has 4 heteroatoms. The first-order valence-electron chi connectivity index (χ1n) is 8.67. The summed E-state index contributed by atoms with van der Waals surface area (Å²) >= 11 is 0. The zero-order valence-electron chi connectivity index (χ0n) is 14.4. The lowest BCUT2D eigenvalue weighted by atomic mass is 9.91. The van der Waals surface area contributed by atoms with Crippen LogP contribution in [0, 0.1) is 11.8 Å². The highest BCUT2D eigenvalue weighted by atomic mass is 16.2. The van der Waals surface area contributed by atoms with Gasteiger partial charge in [0.2, 0.25) is 5.91 Å². The van der Waals surface area contributed by atoms with Crippen molar-refractivity contribution in [2.24, 2.45) is 17.6 Å². The van der Waals surface area contributed by atoms with E-state index in [1.165, 1.54) is 25.7 Å². The Balaban J connectivity index is 2.31. The fourth-order valence-corrected chi connectivity index (χ4v) is 3.32. The average molecular weight is 297 g/mol. The van der Waals surface area contributed by atoms with Crippen molar-refractivity contribution in [3.63, 3.8) is 0 Å². The van der Waals surface area contributed by atoms with Crippen LogP contribution in [-0.2, 0) is 4.79 Å². The highest BCUT2D eigenvalue weighted by Gasteiger charge is 2.28. The number of nitrogens with two attached hydrogens (primary N) is 1. The molecule has 1 rings (SSSR count). The lowest BCUT2D eigenvalue weighted by Crippen LogP contribution is -2.52. The number of hydrogen-bond acceptors (Lipinski definition) is 3. The third-order valence-electron chi connectivity index (χ3n) is 4.64. The quantitative estimate of drug-likeness (QED) is 0.723. The second-order valence-corrected chi connectivity index (χ2v) is 7.19. The summed E-state index contributed by atoms with van der Waals surface area (Å²) in [6.07, 6.45) is 5.89. The molecule has 0 aromatic carbocycles. The van der Waals surface area contributed by atoms with Crippen molar-refractivity contribution < 1.29 is 4.79 Å². The second-order valence-electron chi connectivity index (χ2n) is 7.19. The van der Waals surface area contributed by atoms with Crippen LogP contribution in [0.1, 0.15) is 59.8 Å². The molecule has 0 bridgehead atoms. The van der Waals surface area contributed by atoms with E-state index in [9.17, 15) is 4.79 Å². The van der Waals surface area contributed by atoms with Gasteiger partial charge in [-0.3, -0.25) is 9.69 Å². The Morgan fingerprint density at radius 3 is 2.67 bits per heavy atom. The topological polar surface area (TPSA) is 58.4 Å². The number of amides is 1. The Morgan fingerprint density at radius 2 is 2.05 bits per heavy atom. The molecular formula is C17H35N3O. The van der Waals surface area contributed by atoms with E-state index in [0.29, 0.717) is 25.0 Å². The molecule has 1 saturated heterocycles. The van der Waals surface area contributed by atoms with Crippen LogP contribution in [0.5, 0.6) is 0 Å². The number of carbonyl (C=O) groups excluding carboxylic acids is 1. The van der Waals surface area contributed by atoms with Gasteiger partial charge in [0.15, 0.2) is 0 Å². The van der Waals surface area contributed by atoms with E-state index in [2.05, 4.69) is 37.9 Å². The van der Waals surface area contributed by atoms with Gasteiger partial charge in [-0.25, -0.2) is 0 Å². The molecule has 0 aromatic rings. The summed E-state index contributed by atoms with van der Waals surface area (Å²) in [4.78, 5) is 14.5. The van der Waals surface area contributed by atoms with Crippen molar-refractivity contribution in [3.8, 4) is 0 Å². The normalized spacial score (nSPS) is 25.0. The van der Waals surface area contributed by atoms with Gasteiger partial charge in [-0.05, 0) is 44.6 Å². The van der Waals surface area contributed by atoms with Crippen LogP contribution >= 0.6 is 0 Å². The molecule has 1 aliphatic rings. The minimum absolute atomic E-state index is 0.152. The first kappa shape index (κ1) is 18.4. The van der Waals surface area contributed by atoms with Gasteiger partial charge in [0.1, 0.15) is 0 Å². The molecular weight excluding hydrogens is 262 g/mol. The number of nitrogens with one attached hydrogen (secondary N) is 1. The summed E-state index contributed by atoms with van der Waals surface area (Å²) < 4.78 is 0. The minimum Gasteiger partial charge on any atom is -0.353 e. The number of piperidine rings is 1. The van der Waals surface area contributed by atoms with E-state index in [1.54, 1.807) is 0 Å². The molecule has 0 radical (unpaired) electrons. The molecule has 21 heavy (non-hydrogen) atoms. The number of hydrogen-bond donors (Lipinski definition) is 2. The lowest BCUT2D eigenvalue weighted by molar-refractivity contribution is -0.124. The molecule has 4 nitrogen and oxygen atoms in total. The fraction of sp³-hybridized carbons (Fsp3) is 0.941. The summed E-state index contributed by atoms with van der Waals surface area (Å²) in [6, 6.07) is 0.635. The highest BCUT2D eigenvalue weighted by Crippen LogP contribution is 2.22. The molecule has 3 unspecified atom stereocenters. The number of rotatable bonds is 8. The average Bonchev–Trinajstić information content (AvgIpc) is 2.38. The van der Waals surface area contributed by atoms with Gasteiger partial charge in [-0.2, -0.15) is 0 Å². The second kappa shape index (κ2) is 9.42. The van der Waals surface area contributed by atoms with Gasteiger partial charge < -0.3 is 11.1 Å². The maximum absolute atomic E-state index is 12.2. The van der Waals surface area contributed by atoms with E-state index in [-0.39, 0.29) is 11.9 Å². The van der Waals surface area contributed by atoms with Gasteiger partial charge in [-0.1, -0.05) is 33.6 Å². The van der Waals surface area contributed by atoms with E-state index in [1.807, 2.05) is 0 Å². The SMILES string of the molecule is CC(C)CCCC(C)NC(=O)CN1CCCC(C)C1CN. The monoisotopic (exact) mass is 297 g/mol. The number of nitrogens with zero attached hydrogens (tertiary/aromatic N) is 1. The van der Waals surface area contributed by atoms with Crippen molar-refractivity contribution >= 4 is 5.91 Å². The van der Waals surface area contributed by atoms with Gasteiger partial charge in [-0.15, -0.1) is 0 Å². The molecule has 1 amide bonds. The Hall–Kier alpha value is -0.610. The van der Waals surface area contributed by atoms with Crippen molar-refractivity contribution in [1.29, 1.82) is 0 Å². The van der Waals surface area contributed by atoms with Crippen molar-refractivity contribution in [3.05, 3.63) is 0 Å². The van der Waals surface area contributed by atoms with Crippen molar-refractivity contribution in [1.82, 2.24) is 10.2 Å². The Kier molecular flexibility index (Phi) is 8.27.